The third kappa shape index (κ3) is 5.53. The highest BCUT2D eigenvalue weighted by Gasteiger charge is 2.45. The average molecular weight is 502 g/mol. The molecule has 0 bridgehead atoms. The summed E-state index contributed by atoms with van der Waals surface area (Å²) in [5.74, 6) is 3.01. The van der Waals surface area contributed by atoms with E-state index in [9.17, 15) is 4.79 Å². The van der Waals surface area contributed by atoms with Crippen molar-refractivity contribution in [3.63, 3.8) is 0 Å². The van der Waals surface area contributed by atoms with Gasteiger partial charge in [-0.15, -0.1) is 0 Å². The summed E-state index contributed by atoms with van der Waals surface area (Å²) in [6.45, 7) is 0. The molecule has 0 amide bonds. The zero-order valence-corrected chi connectivity index (χ0v) is 21.1. The zero-order valence-electron chi connectivity index (χ0n) is 20.2. The topological polar surface area (TPSA) is 35.5 Å². The Morgan fingerprint density at radius 2 is 0.892 bits per heavy atom. The first-order valence-electron chi connectivity index (χ1n) is 12.0. The predicted octanol–water partition coefficient (Wildman–Crippen LogP) is 7.19. The minimum atomic E-state index is -2.41. The molecule has 5 aromatic carbocycles. The van der Waals surface area contributed by atoms with Gasteiger partial charge in [0.15, 0.2) is 5.76 Å². The van der Waals surface area contributed by atoms with E-state index in [0.29, 0.717) is 11.5 Å². The fraction of sp³-hybridized carbons (Fsp3) is 0. The molecule has 0 aliphatic carbocycles. The van der Waals surface area contributed by atoms with E-state index in [2.05, 4.69) is 78.6 Å². The first-order chi connectivity index (χ1) is 18.3. The van der Waals surface area contributed by atoms with Gasteiger partial charge in [-0.05, 0) is 48.5 Å². The van der Waals surface area contributed by atoms with Gasteiger partial charge in [-0.25, -0.2) is 4.79 Å². The Morgan fingerprint density at radius 3 is 1.32 bits per heavy atom. The van der Waals surface area contributed by atoms with Gasteiger partial charge >= 0.3 is 6.16 Å². The van der Waals surface area contributed by atoms with Gasteiger partial charge in [-0.2, -0.15) is 0 Å². The molecular weight excluding hydrogens is 475 g/mol. The van der Waals surface area contributed by atoms with Crippen LogP contribution < -0.4 is 20.7 Å². The normalized spacial score (nSPS) is 11.5. The molecule has 5 aromatic rings. The van der Waals surface area contributed by atoms with Crippen LogP contribution in [-0.2, 0) is 4.74 Å². The second kappa shape index (κ2) is 11.5. The highest BCUT2D eigenvalue weighted by atomic mass is 31.2. The van der Waals surface area contributed by atoms with Crippen molar-refractivity contribution < 1.29 is 14.3 Å². The highest BCUT2D eigenvalue weighted by Crippen LogP contribution is 2.58. The van der Waals surface area contributed by atoms with Gasteiger partial charge in [0.1, 0.15) is 34.7 Å². The first-order valence-corrected chi connectivity index (χ1v) is 13.9. The molecular formula is C33H26O3P+. The Balaban J connectivity index is 1.72. The third-order valence-electron chi connectivity index (χ3n) is 6.00. The van der Waals surface area contributed by atoms with Crippen LogP contribution in [0.4, 0.5) is 4.79 Å². The molecule has 0 aliphatic heterocycles. The first kappa shape index (κ1) is 24.2. The number of carbonyl (C=O) groups is 1. The molecule has 0 saturated heterocycles. The number of carbonyl (C=O) groups excluding carboxylic acids is 1. The van der Waals surface area contributed by atoms with Crippen molar-refractivity contribution in [1.82, 2.24) is 0 Å². The molecule has 5 rings (SSSR count). The lowest BCUT2D eigenvalue weighted by Crippen LogP contribution is -2.30. The molecule has 0 atom stereocenters. The predicted molar refractivity (Wildman–Crippen MR) is 153 cm³/mol. The van der Waals surface area contributed by atoms with Crippen molar-refractivity contribution in [2.75, 3.05) is 0 Å². The molecule has 3 nitrogen and oxygen atoms in total. The quantitative estimate of drug-likeness (QED) is 0.102. The maximum atomic E-state index is 13.0. The number of hydrogen-bond acceptors (Lipinski definition) is 3. The molecule has 0 aromatic heterocycles. The van der Waals surface area contributed by atoms with Crippen molar-refractivity contribution in [1.29, 1.82) is 0 Å². The van der Waals surface area contributed by atoms with E-state index in [1.54, 1.807) is 12.1 Å². The lowest BCUT2D eigenvalue weighted by molar-refractivity contribution is 0.142. The van der Waals surface area contributed by atoms with E-state index >= 15 is 0 Å². The van der Waals surface area contributed by atoms with Gasteiger partial charge < -0.3 is 9.47 Å². The van der Waals surface area contributed by atoms with Crippen molar-refractivity contribution in [3.05, 3.63) is 163 Å². The molecule has 0 aliphatic rings. The molecule has 4 heteroatoms. The van der Waals surface area contributed by atoms with Gasteiger partial charge in [-0.3, -0.25) is 0 Å². The Morgan fingerprint density at radius 1 is 0.514 bits per heavy atom. The van der Waals surface area contributed by atoms with Crippen LogP contribution in [0.3, 0.4) is 0 Å². The summed E-state index contributed by atoms with van der Waals surface area (Å²) in [5.41, 5.74) is 0.791. The maximum absolute atomic E-state index is 13.0. The third-order valence-corrected chi connectivity index (χ3v) is 9.96. The summed E-state index contributed by atoms with van der Waals surface area (Å²) >= 11 is 0. The molecule has 0 N–H and O–H groups in total. The van der Waals surface area contributed by atoms with E-state index in [4.69, 9.17) is 9.47 Å². The SMILES string of the molecule is O=C(O/C(=C\[P+](c1ccccc1)(c1ccccc1)c1ccccc1)c1ccccc1)Oc1ccccc1. The van der Waals surface area contributed by atoms with Gasteiger partial charge in [-0.1, -0.05) is 103 Å². The molecule has 0 spiro atoms. The fourth-order valence-electron chi connectivity index (χ4n) is 4.29. The Kier molecular flexibility index (Phi) is 7.55. The molecule has 37 heavy (non-hydrogen) atoms. The zero-order chi connectivity index (χ0) is 25.3. The van der Waals surface area contributed by atoms with Crippen molar-refractivity contribution in [2.45, 2.75) is 0 Å². The van der Waals surface area contributed by atoms with Crippen LogP contribution in [-0.4, -0.2) is 6.16 Å². The van der Waals surface area contributed by atoms with E-state index in [1.165, 1.54) is 0 Å². The summed E-state index contributed by atoms with van der Waals surface area (Å²) in [7, 11) is -2.41. The Bertz CT molecular complexity index is 1360. The van der Waals surface area contributed by atoms with Crippen molar-refractivity contribution >= 4 is 35.1 Å². The summed E-state index contributed by atoms with van der Waals surface area (Å²) < 4.78 is 11.5. The maximum Gasteiger partial charge on any atom is 0.519 e. The van der Waals surface area contributed by atoms with Gasteiger partial charge in [0.25, 0.3) is 0 Å². The van der Waals surface area contributed by atoms with Crippen LogP contribution in [0.2, 0.25) is 0 Å². The van der Waals surface area contributed by atoms with Crippen LogP contribution in [0.1, 0.15) is 5.56 Å². The number of para-hydroxylation sites is 1. The second-order valence-electron chi connectivity index (χ2n) is 8.36. The highest BCUT2D eigenvalue weighted by molar-refractivity contribution is 7.98. The van der Waals surface area contributed by atoms with Gasteiger partial charge in [0, 0.05) is 5.56 Å². The van der Waals surface area contributed by atoms with Gasteiger partial charge in [0.2, 0.25) is 0 Å². The number of hydrogen-bond donors (Lipinski definition) is 0. The number of ether oxygens (including phenoxy) is 2. The van der Waals surface area contributed by atoms with Gasteiger partial charge in [0.05, 0.1) is 0 Å². The fourth-order valence-corrected chi connectivity index (χ4v) is 8.12. The molecule has 0 fully saturated rings. The molecule has 0 unspecified atom stereocenters. The van der Waals surface area contributed by atoms with Crippen LogP contribution in [0, 0.1) is 0 Å². The summed E-state index contributed by atoms with van der Waals surface area (Å²) in [5, 5.41) is 3.46. The molecule has 0 heterocycles. The average Bonchev–Trinajstić information content (AvgIpc) is 2.98. The lowest BCUT2D eigenvalue weighted by atomic mass is 10.2. The summed E-state index contributed by atoms with van der Waals surface area (Å²) in [4.78, 5) is 13.0. The Hall–Kier alpha value is -4.46. The van der Waals surface area contributed by atoms with E-state index in [1.807, 2.05) is 66.7 Å². The van der Waals surface area contributed by atoms with Crippen molar-refractivity contribution in [3.8, 4) is 5.75 Å². The van der Waals surface area contributed by atoms with Crippen LogP contribution >= 0.6 is 7.26 Å². The summed E-state index contributed by atoms with van der Waals surface area (Å²) in [6, 6.07) is 49.9. The molecule has 0 saturated carbocycles. The minimum Gasteiger partial charge on any atom is -0.395 e. The largest absolute Gasteiger partial charge is 0.519 e. The molecule has 180 valence electrons. The second-order valence-corrected chi connectivity index (χ2v) is 11.6. The van der Waals surface area contributed by atoms with Crippen LogP contribution in [0.25, 0.3) is 5.76 Å². The minimum absolute atomic E-state index is 0.426. The van der Waals surface area contributed by atoms with E-state index in [-0.39, 0.29) is 0 Å². The standard InChI is InChI=1S/C33H26O3P/c34-33(35-28-18-8-2-9-19-28)36-32(27-16-6-1-7-17-27)26-37(29-20-10-3-11-21-29,30-22-12-4-13-23-30)31-24-14-5-15-25-31/h1-26H/q+1/b32-26-. The van der Waals surface area contributed by atoms with Crippen LogP contribution in [0.5, 0.6) is 5.75 Å². The number of rotatable bonds is 7. The van der Waals surface area contributed by atoms with Crippen molar-refractivity contribution in [2.24, 2.45) is 0 Å². The van der Waals surface area contributed by atoms with Crippen LogP contribution in [0.15, 0.2) is 157 Å². The van der Waals surface area contributed by atoms with E-state index < -0.39 is 13.4 Å². The van der Waals surface area contributed by atoms with E-state index in [0.717, 1.165) is 21.5 Å². The Labute approximate surface area is 218 Å². The number of benzene rings is 5. The smallest absolute Gasteiger partial charge is 0.395 e. The molecule has 0 radical (unpaired) electrons. The summed E-state index contributed by atoms with van der Waals surface area (Å²) in [6.07, 6.45) is -0.784. The lowest BCUT2D eigenvalue weighted by Gasteiger charge is -2.25. The monoisotopic (exact) mass is 501 g/mol.